The van der Waals surface area contributed by atoms with Gasteiger partial charge in [0.15, 0.2) is 0 Å². The van der Waals surface area contributed by atoms with E-state index in [9.17, 15) is 0 Å². The molecule has 0 unspecified atom stereocenters. The van der Waals surface area contributed by atoms with Gasteiger partial charge in [0, 0.05) is 29.9 Å². The van der Waals surface area contributed by atoms with Gasteiger partial charge in [-0.05, 0) is 17.7 Å². The average Bonchev–Trinajstić information content (AvgIpc) is 3.17. The van der Waals surface area contributed by atoms with E-state index in [4.69, 9.17) is 5.73 Å². The summed E-state index contributed by atoms with van der Waals surface area (Å²) in [6.07, 6.45) is 3.57. The molecule has 2 heterocycles. The number of hydrogen-bond donors (Lipinski definition) is 2. The van der Waals surface area contributed by atoms with Crippen LogP contribution in [-0.4, -0.2) is 20.4 Å². The SMILES string of the molecule is NCc1ccc(-c2c[nH]nn2)cc1.c1ccc2ncccc2c1. The summed E-state index contributed by atoms with van der Waals surface area (Å²) in [5.74, 6) is 0. The summed E-state index contributed by atoms with van der Waals surface area (Å²) in [7, 11) is 0. The molecule has 4 rings (SSSR count). The Hall–Kier alpha value is -3.05. The molecule has 114 valence electrons. The van der Waals surface area contributed by atoms with Crippen molar-refractivity contribution in [3.05, 3.63) is 78.6 Å². The first-order chi connectivity index (χ1) is 11.4. The molecule has 0 aliphatic heterocycles. The molecule has 5 nitrogen and oxygen atoms in total. The molecule has 2 aromatic carbocycles. The molecule has 0 saturated heterocycles. The maximum atomic E-state index is 5.48. The van der Waals surface area contributed by atoms with E-state index in [0.29, 0.717) is 6.54 Å². The molecule has 0 aliphatic carbocycles. The van der Waals surface area contributed by atoms with Crippen molar-refractivity contribution in [3.8, 4) is 11.3 Å². The second-order valence-electron chi connectivity index (χ2n) is 4.96. The Morgan fingerprint density at radius 1 is 0.913 bits per heavy atom. The quantitative estimate of drug-likeness (QED) is 0.596. The van der Waals surface area contributed by atoms with E-state index in [-0.39, 0.29) is 0 Å². The van der Waals surface area contributed by atoms with E-state index in [1.165, 1.54) is 5.39 Å². The van der Waals surface area contributed by atoms with Crippen molar-refractivity contribution in [2.75, 3.05) is 0 Å². The number of rotatable bonds is 2. The van der Waals surface area contributed by atoms with Crippen LogP contribution in [0.1, 0.15) is 5.56 Å². The predicted molar refractivity (Wildman–Crippen MR) is 91.5 cm³/mol. The first-order valence-electron chi connectivity index (χ1n) is 7.32. The number of H-pyrrole nitrogens is 1. The highest BCUT2D eigenvalue weighted by Crippen LogP contribution is 2.15. The van der Waals surface area contributed by atoms with Crippen LogP contribution in [0.3, 0.4) is 0 Å². The first kappa shape index (κ1) is 14.9. The predicted octanol–water partition coefficient (Wildman–Crippen LogP) is 3.17. The van der Waals surface area contributed by atoms with Crippen LogP contribution in [0.15, 0.2) is 73.1 Å². The Balaban J connectivity index is 0.000000140. The summed E-state index contributed by atoms with van der Waals surface area (Å²) in [6, 6.07) is 20.0. The first-order valence-corrected chi connectivity index (χ1v) is 7.32. The molecule has 0 fully saturated rings. The molecule has 0 radical (unpaired) electrons. The number of benzene rings is 2. The summed E-state index contributed by atoms with van der Waals surface area (Å²) < 4.78 is 0. The van der Waals surface area contributed by atoms with Gasteiger partial charge in [-0.25, -0.2) is 0 Å². The number of nitrogens with one attached hydrogen (secondary N) is 1. The van der Waals surface area contributed by atoms with Gasteiger partial charge in [-0.1, -0.05) is 53.7 Å². The third-order valence-electron chi connectivity index (χ3n) is 3.41. The monoisotopic (exact) mass is 303 g/mol. The third-order valence-corrected chi connectivity index (χ3v) is 3.41. The number of aromatic amines is 1. The van der Waals surface area contributed by atoms with E-state index in [0.717, 1.165) is 22.3 Å². The second kappa shape index (κ2) is 7.29. The Morgan fingerprint density at radius 2 is 1.70 bits per heavy atom. The molecule has 0 saturated carbocycles. The fourth-order valence-corrected chi connectivity index (χ4v) is 2.17. The number of para-hydroxylation sites is 1. The third kappa shape index (κ3) is 3.78. The zero-order valence-electron chi connectivity index (χ0n) is 12.6. The van der Waals surface area contributed by atoms with Crippen molar-refractivity contribution in [2.24, 2.45) is 5.73 Å². The minimum Gasteiger partial charge on any atom is -0.326 e. The van der Waals surface area contributed by atoms with Crippen molar-refractivity contribution < 1.29 is 0 Å². The highest BCUT2D eigenvalue weighted by Gasteiger charge is 1.99. The number of fused-ring (bicyclic) bond motifs is 1. The standard InChI is InChI=1S/C9H10N4.C9H7N/c10-5-7-1-3-8(4-2-7)9-6-11-13-12-9;1-2-6-9-8(4-1)5-3-7-10-9/h1-4,6H,5,10H2,(H,11,12,13);1-7H. The molecule has 0 bridgehead atoms. The van der Waals surface area contributed by atoms with E-state index < -0.39 is 0 Å². The van der Waals surface area contributed by atoms with Crippen LogP contribution in [0.25, 0.3) is 22.2 Å². The van der Waals surface area contributed by atoms with Gasteiger partial charge in [0.2, 0.25) is 0 Å². The van der Waals surface area contributed by atoms with Crippen molar-refractivity contribution in [2.45, 2.75) is 6.54 Å². The summed E-state index contributed by atoms with van der Waals surface area (Å²) in [5, 5.41) is 11.4. The van der Waals surface area contributed by atoms with Crippen molar-refractivity contribution >= 4 is 10.9 Å². The number of aromatic nitrogens is 4. The molecule has 0 atom stereocenters. The number of hydrogen-bond acceptors (Lipinski definition) is 4. The van der Waals surface area contributed by atoms with Gasteiger partial charge in [-0.2, -0.15) is 0 Å². The summed E-state index contributed by atoms with van der Waals surface area (Å²) >= 11 is 0. The smallest absolute Gasteiger partial charge is 0.112 e. The molecule has 0 aliphatic rings. The number of nitrogens with two attached hydrogens (primary N) is 1. The van der Waals surface area contributed by atoms with Gasteiger partial charge in [0.25, 0.3) is 0 Å². The lowest BCUT2D eigenvalue weighted by molar-refractivity contribution is 0.942. The Kier molecular flexibility index (Phi) is 4.71. The zero-order valence-corrected chi connectivity index (χ0v) is 12.6. The highest BCUT2D eigenvalue weighted by molar-refractivity contribution is 5.77. The van der Waals surface area contributed by atoms with Crippen LogP contribution in [-0.2, 0) is 6.54 Å². The lowest BCUT2D eigenvalue weighted by atomic mass is 10.1. The maximum Gasteiger partial charge on any atom is 0.112 e. The minimum absolute atomic E-state index is 0.569. The molecule has 4 aromatic rings. The van der Waals surface area contributed by atoms with Crippen LogP contribution in [0, 0.1) is 0 Å². The molecule has 3 N–H and O–H groups in total. The lowest BCUT2D eigenvalue weighted by Gasteiger charge is -1.97. The summed E-state index contributed by atoms with van der Waals surface area (Å²) in [6.45, 7) is 0.569. The Morgan fingerprint density at radius 3 is 2.39 bits per heavy atom. The van der Waals surface area contributed by atoms with Crippen LogP contribution in [0.5, 0.6) is 0 Å². The second-order valence-corrected chi connectivity index (χ2v) is 4.96. The lowest BCUT2D eigenvalue weighted by Crippen LogP contribution is -1.95. The number of pyridine rings is 1. The molecule has 2 aromatic heterocycles. The van der Waals surface area contributed by atoms with Gasteiger partial charge in [-0.3, -0.25) is 10.1 Å². The van der Waals surface area contributed by atoms with E-state index >= 15 is 0 Å². The van der Waals surface area contributed by atoms with Crippen LogP contribution < -0.4 is 5.73 Å². The average molecular weight is 303 g/mol. The van der Waals surface area contributed by atoms with Gasteiger partial charge >= 0.3 is 0 Å². The summed E-state index contributed by atoms with van der Waals surface area (Å²) in [5.41, 5.74) is 9.56. The summed E-state index contributed by atoms with van der Waals surface area (Å²) in [4.78, 5) is 4.18. The Bertz CT molecular complexity index is 789. The zero-order chi connectivity index (χ0) is 15.9. The maximum absolute atomic E-state index is 5.48. The van der Waals surface area contributed by atoms with Crippen molar-refractivity contribution in [3.63, 3.8) is 0 Å². The molecule has 5 heteroatoms. The molecule has 0 spiro atoms. The van der Waals surface area contributed by atoms with Crippen LogP contribution >= 0.6 is 0 Å². The van der Waals surface area contributed by atoms with Crippen LogP contribution in [0.2, 0.25) is 0 Å². The number of nitrogens with zero attached hydrogens (tertiary/aromatic N) is 3. The largest absolute Gasteiger partial charge is 0.326 e. The van der Waals surface area contributed by atoms with E-state index in [2.05, 4.69) is 32.5 Å². The minimum atomic E-state index is 0.569. The Labute approximate surface area is 134 Å². The molecule has 23 heavy (non-hydrogen) atoms. The molecular weight excluding hydrogens is 286 g/mol. The topological polar surface area (TPSA) is 80.5 Å². The molecule has 0 amide bonds. The van der Waals surface area contributed by atoms with Crippen molar-refractivity contribution in [1.82, 2.24) is 20.4 Å². The van der Waals surface area contributed by atoms with Crippen molar-refractivity contribution in [1.29, 1.82) is 0 Å². The normalized spacial score (nSPS) is 10.1. The van der Waals surface area contributed by atoms with Gasteiger partial charge in [0.1, 0.15) is 5.69 Å². The van der Waals surface area contributed by atoms with Gasteiger partial charge in [0.05, 0.1) is 5.52 Å². The fourth-order valence-electron chi connectivity index (χ4n) is 2.17. The van der Waals surface area contributed by atoms with E-state index in [1.54, 1.807) is 6.20 Å². The van der Waals surface area contributed by atoms with E-state index in [1.807, 2.05) is 54.7 Å². The van der Waals surface area contributed by atoms with Gasteiger partial charge in [-0.15, -0.1) is 5.10 Å². The fraction of sp³-hybridized carbons (Fsp3) is 0.0556. The van der Waals surface area contributed by atoms with Gasteiger partial charge < -0.3 is 5.73 Å². The van der Waals surface area contributed by atoms with Crippen LogP contribution in [0.4, 0.5) is 0 Å². The molecular formula is C18H17N5. The highest BCUT2D eigenvalue weighted by atomic mass is 15.3.